The highest BCUT2D eigenvalue weighted by atomic mass is 79.9. The van der Waals surface area contributed by atoms with Crippen LogP contribution in [0.1, 0.15) is 23.6 Å². The van der Waals surface area contributed by atoms with Crippen molar-refractivity contribution in [3.8, 4) is 0 Å². The summed E-state index contributed by atoms with van der Waals surface area (Å²) < 4.78 is 14.5. The standard InChI is InChI=1S/C14H13BrClFN2/c15-11-3-2-10(14(17)13(11)16)12(18)4-1-9-5-7-19-8-6-9/h2-3,5-8,12H,1,4,18H2. The van der Waals surface area contributed by atoms with E-state index in [0.29, 0.717) is 16.5 Å². The third-order valence-electron chi connectivity index (χ3n) is 2.96. The number of pyridine rings is 1. The zero-order valence-corrected chi connectivity index (χ0v) is 12.5. The second kappa shape index (κ2) is 6.46. The van der Waals surface area contributed by atoms with Crippen LogP contribution in [0.3, 0.4) is 0 Å². The number of nitrogens with zero attached hydrogens (tertiary/aromatic N) is 1. The van der Waals surface area contributed by atoms with Gasteiger partial charge in [0, 0.05) is 28.5 Å². The van der Waals surface area contributed by atoms with Crippen LogP contribution in [0.5, 0.6) is 0 Å². The lowest BCUT2D eigenvalue weighted by Gasteiger charge is -2.14. The summed E-state index contributed by atoms with van der Waals surface area (Å²) in [6.07, 6.45) is 4.89. The molecule has 0 saturated heterocycles. The Balaban J connectivity index is 2.08. The van der Waals surface area contributed by atoms with Gasteiger partial charge < -0.3 is 5.73 Å². The van der Waals surface area contributed by atoms with Gasteiger partial charge in [0.1, 0.15) is 5.82 Å². The van der Waals surface area contributed by atoms with Gasteiger partial charge in [0.25, 0.3) is 0 Å². The lowest BCUT2D eigenvalue weighted by Crippen LogP contribution is -2.13. The fraction of sp³-hybridized carbons (Fsp3) is 0.214. The summed E-state index contributed by atoms with van der Waals surface area (Å²) in [6.45, 7) is 0. The van der Waals surface area contributed by atoms with Crippen molar-refractivity contribution in [2.45, 2.75) is 18.9 Å². The Kier molecular flexibility index (Phi) is 4.91. The summed E-state index contributed by atoms with van der Waals surface area (Å²) >= 11 is 9.04. The number of hydrogen-bond acceptors (Lipinski definition) is 2. The third kappa shape index (κ3) is 3.53. The lowest BCUT2D eigenvalue weighted by atomic mass is 10.00. The number of halogens is 3. The van der Waals surface area contributed by atoms with E-state index in [9.17, 15) is 4.39 Å². The maximum Gasteiger partial charge on any atom is 0.147 e. The fourth-order valence-electron chi connectivity index (χ4n) is 1.85. The van der Waals surface area contributed by atoms with Gasteiger partial charge in [0.05, 0.1) is 5.02 Å². The Morgan fingerprint density at radius 1 is 1.26 bits per heavy atom. The van der Waals surface area contributed by atoms with Crippen molar-refractivity contribution in [2.75, 3.05) is 0 Å². The first-order chi connectivity index (χ1) is 9.09. The fourth-order valence-corrected chi connectivity index (χ4v) is 2.33. The summed E-state index contributed by atoms with van der Waals surface area (Å²) in [5.74, 6) is -0.446. The molecule has 0 aliphatic rings. The molecule has 0 aliphatic carbocycles. The van der Waals surface area contributed by atoms with Crippen molar-refractivity contribution in [1.29, 1.82) is 0 Å². The van der Waals surface area contributed by atoms with Gasteiger partial charge in [-0.05, 0) is 52.5 Å². The molecule has 0 radical (unpaired) electrons. The topological polar surface area (TPSA) is 38.9 Å². The van der Waals surface area contributed by atoms with Crippen molar-refractivity contribution in [3.05, 3.63) is 63.1 Å². The molecule has 0 saturated carbocycles. The highest BCUT2D eigenvalue weighted by Gasteiger charge is 2.15. The molecule has 0 bridgehead atoms. The molecule has 19 heavy (non-hydrogen) atoms. The van der Waals surface area contributed by atoms with E-state index in [0.717, 1.165) is 12.0 Å². The minimum Gasteiger partial charge on any atom is -0.324 e. The quantitative estimate of drug-likeness (QED) is 0.842. The molecule has 0 fully saturated rings. The van der Waals surface area contributed by atoms with E-state index in [2.05, 4.69) is 20.9 Å². The molecule has 1 aromatic heterocycles. The minimum atomic E-state index is -0.446. The van der Waals surface area contributed by atoms with E-state index in [1.54, 1.807) is 24.5 Å². The normalized spacial score (nSPS) is 12.4. The number of aromatic nitrogens is 1. The molecular weight excluding hydrogens is 331 g/mol. The molecule has 1 heterocycles. The zero-order valence-electron chi connectivity index (χ0n) is 10.1. The number of rotatable bonds is 4. The Morgan fingerprint density at radius 2 is 1.95 bits per heavy atom. The highest BCUT2D eigenvalue weighted by Crippen LogP contribution is 2.31. The molecule has 0 amide bonds. The first-order valence-corrected chi connectivity index (χ1v) is 7.04. The monoisotopic (exact) mass is 342 g/mol. The lowest BCUT2D eigenvalue weighted by molar-refractivity contribution is 0.563. The highest BCUT2D eigenvalue weighted by molar-refractivity contribution is 9.10. The molecule has 5 heteroatoms. The van der Waals surface area contributed by atoms with Crippen LogP contribution in [0.15, 0.2) is 41.1 Å². The smallest absolute Gasteiger partial charge is 0.147 e. The zero-order chi connectivity index (χ0) is 13.8. The number of hydrogen-bond donors (Lipinski definition) is 1. The van der Waals surface area contributed by atoms with E-state index in [4.69, 9.17) is 17.3 Å². The van der Waals surface area contributed by atoms with Crippen LogP contribution >= 0.6 is 27.5 Å². The van der Waals surface area contributed by atoms with Gasteiger partial charge in [-0.2, -0.15) is 0 Å². The minimum absolute atomic E-state index is 0.0804. The summed E-state index contributed by atoms with van der Waals surface area (Å²) in [5, 5.41) is 0.0804. The SMILES string of the molecule is NC(CCc1ccncc1)c1ccc(Br)c(Cl)c1F. The maximum atomic E-state index is 14.0. The van der Waals surface area contributed by atoms with Gasteiger partial charge in [0.2, 0.25) is 0 Å². The van der Waals surface area contributed by atoms with Crippen molar-refractivity contribution < 1.29 is 4.39 Å². The molecule has 100 valence electrons. The Bertz CT molecular complexity index is 563. The van der Waals surface area contributed by atoms with Gasteiger partial charge in [-0.15, -0.1) is 0 Å². The molecule has 2 nitrogen and oxygen atoms in total. The van der Waals surface area contributed by atoms with Crippen molar-refractivity contribution in [2.24, 2.45) is 5.73 Å². The molecule has 1 aromatic carbocycles. The second-order valence-electron chi connectivity index (χ2n) is 4.27. The molecule has 0 spiro atoms. The largest absolute Gasteiger partial charge is 0.324 e. The second-order valence-corrected chi connectivity index (χ2v) is 5.50. The summed E-state index contributed by atoms with van der Waals surface area (Å²) in [4.78, 5) is 3.95. The first kappa shape index (κ1) is 14.4. The summed E-state index contributed by atoms with van der Waals surface area (Å²) in [5.41, 5.74) is 7.61. The van der Waals surface area contributed by atoms with E-state index >= 15 is 0 Å². The molecular formula is C14H13BrClFN2. The summed E-state index contributed by atoms with van der Waals surface area (Å²) in [6, 6.07) is 6.86. The van der Waals surface area contributed by atoms with E-state index < -0.39 is 5.82 Å². The molecule has 2 rings (SSSR count). The number of aryl methyl sites for hydroxylation is 1. The van der Waals surface area contributed by atoms with Crippen LogP contribution in [0.25, 0.3) is 0 Å². The average Bonchev–Trinajstić information content (AvgIpc) is 2.43. The third-order valence-corrected chi connectivity index (χ3v) is 4.22. The Labute approximate surface area is 124 Å². The molecule has 2 N–H and O–H groups in total. The Hall–Kier alpha value is -0.970. The first-order valence-electron chi connectivity index (χ1n) is 5.87. The van der Waals surface area contributed by atoms with Gasteiger partial charge in [0.15, 0.2) is 0 Å². The van der Waals surface area contributed by atoms with E-state index in [1.807, 2.05) is 12.1 Å². The van der Waals surface area contributed by atoms with Gasteiger partial charge in [-0.3, -0.25) is 4.98 Å². The summed E-state index contributed by atoms with van der Waals surface area (Å²) in [7, 11) is 0. The van der Waals surface area contributed by atoms with Crippen LogP contribution in [0.4, 0.5) is 4.39 Å². The molecule has 1 unspecified atom stereocenters. The van der Waals surface area contributed by atoms with Crippen LogP contribution in [-0.2, 0) is 6.42 Å². The molecule has 0 aliphatic heterocycles. The van der Waals surface area contributed by atoms with Crippen LogP contribution in [-0.4, -0.2) is 4.98 Å². The van der Waals surface area contributed by atoms with Gasteiger partial charge >= 0.3 is 0 Å². The molecule has 1 atom stereocenters. The predicted molar refractivity (Wildman–Crippen MR) is 78.6 cm³/mol. The number of benzene rings is 1. The molecule has 2 aromatic rings. The van der Waals surface area contributed by atoms with Gasteiger partial charge in [-0.1, -0.05) is 17.7 Å². The van der Waals surface area contributed by atoms with Gasteiger partial charge in [-0.25, -0.2) is 4.39 Å². The van der Waals surface area contributed by atoms with Crippen LogP contribution in [0.2, 0.25) is 5.02 Å². The predicted octanol–water partition coefficient (Wildman–Crippen LogP) is 4.27. The van der Waals surface area contributed by atoms with Crippen LogP contribution < -0.4 is 5.73 Å². The van der Waals surface area contributed by atoms with E-state index in [-0.39, 0.29) is 11.1 Å². The van der Waals surface area contributed by atoms with Crippen molar-refractivity contribution in [1.82, 2.24) is 4.98 Å². The number of nitrogens with two attached hydrogens (primary N) is 1. The van der Waals surface area contributed by atoms with Crippen molar-refractivity contribution in [3.63, 3.8) is 0 Å². The maximum absolute atomic E-state index is 14.0. The van der Waals surface area contributed by atoms with E-state index in [1.165, 1.54) is 0 Å². The Morgan fingerprint density at radius 3 is 2.63 bits per heavy atom. The van der Waals surface area contributed by atoms with Crippen LogP contribution in [0, 0.1) is 5.82 Å². The van der Waals surface area contributed by atoms with Crippen molar-refractivity contribution >= 4 is 27.5 Å². The average molecular weight is 344 g/mol.